The summed E-state index contributed by atoms with van der Waals surface area (Å²) in [6, 6.07) is 5.97. The smallest absolute Gasteiger partial charge is 0.276 e. The SMILES string of the molecule is Cc1ccc(C(C)C)c(OCC(=O)NNC(=O)C2CC2C)c1. The largest absolute Gasteiger partial charge is 0.483 e. The van der Waals surface area contributed by atoms with E-state index >= 15 is 0 Å². The Bertz CT molecular complexity index is 569. The molecule has 1 aliphatic rings. The predicted molar refractivity (Wildman–Crippen MR) is 84.3 cm³/mol. The third-order valence-corrected chi connectivity index (χ3v) is 3.92. The van der Waals surface area contributed by atoms with Crippen LogP contribution in [0.3, 0.4) is 0 Å². The normalized spacial score (nSPS) is 19.7. The van der Waals surface area contributed by atoms with E-state index in [-0.39, 0.29) is 24.3 Å². The Balaban J connectivity index is 1.83. The Hall–Kier alpha value is -2.04. The molecule has 2 amide bonds. The molecule has 120 valence electrons. The van der Waals surface area contributed by atoms with Crippen molar-refractivity contribution in [1.82, 2.24) is 10.9 Å². The molecule has 0 heterocycles. The molecule has 0 saturated heterocycles. The van der Waals surface area contributed by atoms with Crippen molar-refractivity contribution in [3.63, 3.8) is 0 Å². The number of benzene rings is 1. The predicted octanol–water partition coefficient (Wildman–Crippen LogP) is 2.30. The van der Waals surface area contributed by atoms with Gasteiger partial charge in [-0.15, -0.1) is 0 Å². The molecule has 0 spiro atoms. The topological polar surface area (TPSA) is 67.4 Å². The minimum absolute atomic E-state index is 0.0329. The Morgan fingerprint density at radius 3 is 2.59 bits per heavy atom. The minimum atomic E-state index is -0.363. The van der Waals surface area contributed by atoms with Gasteiger partial charge in [-0.1, -0.05) is 32.9 Å². The zero-order chi connectivity index (χ0) is 16.3. The summed E-state index contributed by atoms with van der Waals surface area (Å²) in [4.78, 5) is 23.4. The van der Waals surface area contributed by atoms with E-state index in [0.717, 1.165) is 17.5 Å². The molecule has 5 nitrogen and oxygen atoms in total. The number of aryl methyl sites for hydroxylation is 1. The molecule has 1 aromatic rings. The zero-order valence-corrected chi connectivity index (χ0v) is 13.6. The van der Waals surface area contributed by atoms with Gasteiger partial charge in [0.05, 0.1) is 0 Å². The lowest BCUT2D eigenvalue weighted by Gasteiger charge is -2.15. The molecule has 22 heavy (non-hydrogen) atoms. The van der Waals surface area contributed by atoms with Crippen molar-refractivity contribution >= 4 is 11.8 Å². The number of hydrogen-bond donors (Lipinski definition) is 2. The highest BCUT2D eigenvalue weighted by Crippen LogP contribution is 2.37. The minimum Gasteiger partial charge on any atom is -0.483 e. The van der Waals surface area contributed by atoms with Crippen LogP contribution < -0.4 is 15.6 Å². The van der Waals surface area contributed by atoms with Gasteiger partial charge in [0.2, 0.25) is 5.91 Å². The van der Waals surface area contributed by atoms with Crippen molar-refractivity contribution in [2.75, 3.05) is 6.61 Å². The van der Waals surface area contributed by atoms with E-state index in [0.29, 0.717) is 17.6 Å². The molecule has 0 bridgehead atoms. The molecular formula is C17H24N2O3. The standard InChI is InChI=1S/C17H24N2O3/c1-10(2)13-6-5-11(3)7-15(13)22-9-16(20)18-19-17(21)14-8-12(14)4/h5-7,10,12,14H,8-9H2,1-4H3,(H,18,20)(H,19,21). The van der Waals surface area contributed by atoms with Gasteiger partial charge in [0, 0.05) is 5.92 Å². The first-order chi connectivity index (χ1) is 10.4. The summed E-state index contributed by atoms with van der Waals surface area (Å²) in [6.45, 7) is 8.03. The third-order valence-electron chi connectivity index (χ3n) is 3.92. The lowest BCUT2D eigenvalue weighted by Crippen LogP contribution is -2.44. The van der Waals surface area contributed by atoms with Gasteiger partial charge in [-0.25, -0.2) is 0 Å². The lowest BCUT2D eigenvalue weighted by atomic mass is 10.0. The van der Waals surface area contributed by atoms with Crippen LogP contribution in [0, 0.1) is 18.8 Å². The second kappa shape index (κ2) is 6.81. The summed E-state index contributed by atoms with van der Waals surface area (Å²) in [6.07, 6.45) is 0.888. The number of nitrogens with one attached hydrogen (secondary N) is 2. The lowest BCUT2D eigenvalue weighted by molar-refractivity contribution is -0.130. The molecule has 1 fully saturated rings. The van der Waals surface area contributed by atoms with Crippen molar-refractivity contribution in [2.45, 2.75) is 40.0 Å². The number of ether oxygens (including phenoxy) is 1. The number of amides is 2. The van der Waals surface area contributed by atoms with E-state index in [4.69, 9.17) is 4.74 Å². The molecule has 5 heteroatoms. The van der Waals surface area contributed by atoms with Gasteiger partial charge in [0.1, 0.15) is 5.75 Å². The maximum absolute atomic E-state index is 11.8. The van der Waals surface area contributed by atoms with Crippen LogP contribution >= 0.6 is 0 Å². The fourth-order valence-electron chi connectivity index (χ4n) is 2.33. The number of carbonyl (C=O) groups is 2. The van der Waals surface area contributed by atoms with Gasteiger partial charge in [-0.05, 0) is 42.4 Å². The van der Waals surface area contributed by atoms with Crippen LogP contribution in [0.1, 0.15) is 44.2 Å². The number of hydrogen-bond acceptors (Lipinski definition) is 3. The van der Waals surface area contributed by atoms with E-state index in [1.807, 2.05) is 32.0 Å². The van der Waals surface area contributed by atoms with Crippen molar-refractivity contribution in [1.29, 1.82) is 0 Å². The highest BCUT2D eigenvalue weighted by Gasteiger charge is 2.39. The molecule has 1 aromatic carbocycles. The molecule has 2 N–H and O–H groups in total. The highest BCUT2D eigenvalue weighted by molar-refractivity contribution is 5.85. The molecule has 0 aliphatic heterocycles. The Morgan fingerprint density at radius 1 is 1.32 bits per heavy atom. The molecule has 2 unspecified atom stereocenters. The van der Waals surface area contributed by atoms with Crippen molar-refractivity contribution in [3.05, 3.63) is 29.3 Å². The molecular weight excluding hydrogens is 280 g/mol. The van der Waals surface area contributed by atoms with Gasteiger partial charge >= 0.3 is 0 Å². The van der Waals surface area contributed by atoms with Crippen LogP contribution in [0.2, 0.25) is 0 Å². The van der Waals surface area contributed by atoms with Crippen LogP contribution in [0.4, 0.5) is 0 Å². The molecule has 0 aromatic heterocycles. The Labute approximate surface area is 131 Å². The van der Waals surface area contributed by atoms with Crippen LogP contribution in [0.5, 0.6) is 5.75 Å². The van der Waals surface area contributed by atoms with Crippen molar-refractivity contribution in [3.8, 4) is 5.75 Å². The summed E-state index contributed by atoms with van der Waals surface area (Å²) >= 11 is 0. The van der Waals surface area contributed by atoms with Crippen LogP contribution in [-0.2, 0) is 9.59 Å². The molecule has 2 rings (SSSR count). The molecule has 1 saturated carbocycles. The number of carbonyl (C=O) groups excluding carboxylic acids is 2. The maximum Gasteiger partial charge on any atom is 0.276 e. The average Bonchev–Trinajstić information content (AvgIpc) is 3.19. The Kier molecular flexibility index (Phi) is 5.06. The van der Waals surface area contributed by atoms with Gasteiger partial charge in [-0.3, -0.25) is 20.4 Å². The monoisotopic (exact) mass is 304 g/mol. The summed E-state index contributed by atoms with van der Waals surface area (Å²) in [7, 11) is 0. The van der Waals surface area contributed by atoms with E-state index in [9.17, 15) is 9.59 Å². The van der Waals surface area contributed by atoms with Crippen LogP contribution in [0.25, 0.3) is 0 Å². The van der Waals surface area contributed by atoms with Gasteiger partial charge in [0.15, 0.2) is 6.61 Å². The summed E-state index contributed by atoms with van der Waals surface area (Å²) in [5.74, 6) is 0.985. The summed E-state index contributed by atoms with van der Waals surface area (Å²) < 4.78 is 5.61. The third kappa shape index (κ3) is 4.23. The van der Waals surface area contributed by atoms with E-state index in [2.05, 4.69) is 24.7 Å². The quantitative estimate of drug-likeness (QED) is 0.820. The molecule has 0 radical (unpaired) electrons. The van der Waals surface area contributed by atoms with E-state index < -0.39 is 0 Å². The maximum atomic E-state index is 11.8. The van der Waals surface area contributed by atoms with E-state index in [1.54, 1.807) is 0 Å². The van der Waals surface area contributed by atoms with Gasteiger partial charge < -0.3 is 4.74 Å². The number of rotatable bonds is 5. The van der Waals surface area contributed by atoms with Gasteiger partial charge in [-0.2, -0.15) is 0 Å². The first-order valence-electron chi connectivity index (χ1n) is 7.70. The second-order valence-corrected chi connectivity index (χ2v) is 6.34. The van der Waals surface area contributed by atoms with Crippen molar-refractivity contribution in [2.24, 2.45) is 11.8 Å². The Morgan fingerprint density at radius 2 is 2.00 bits per heavy atom. The number of hydrazine groups is 1. The average molecular weight is 304 g/mol. The first kappa shape index (κ1) is 16.3. The van der Waals surface area contributed by atoms with Gasteiger partial charge in [0.25, 0.3) is 5.91 Å². The second-order valence-electron chi connectivity index (χ2n) is 6.34. The van der Waals surface area contributed by atoms with E-state index in [1.165, 1.54) is 0 Å². The fourth-order valence-corrected chi connectivity index (χ4v) is 2.33. The van der Waals surface area contributed by atoms with Crippen molar-refractivity contribution < 1.29 is 14.3 Å². The summed E-state index contributed by atoms with van der Waals surface area (Å²) in [5, 5.41) is 0. The highest BCUT2D eigenvalue weighted by atomic mass is 16.5. The van der Waals surface area contributed by atoms with Crippen LogP contribution in [0.15, 0.2) is 18.2 Å². The first-order valence-corrected chi connectivity index (χ1v) is 7.70. The summed E-state index contributed by atoms with van der Waals surface area (Å²) in [5.41, 5.74) is 6.98. The molecule has 2 atom stereocenters. The fraction of sp³-hybridized carbons (Fsp3) is 0.529. The zero-order valence-electron chi connectivity index (χ0n) is 13.6. The van der Waals surface area contributed by atoms with Crippen LogP contribution in [-0.4, -0.2) is 18.4 Å². The molecule has 1 aliphatic carbocycles.